The van der Waals surface area contributed by atoms with Crippen LogP contribution in [0.3, 0.4) is 0 Å². The van der Waals surface area contributed by atoms with E-state index in [0.717, 1.165) is 5.69 Å². The maximum atomic E-state index is 12.0. The number of nitrogens with two attached hydrogens (primary N) is 1. The zero-order chi connectivity index (χ0) is 12.2. The topological polar surface area (TPSA) is 46.3 Å². The molecule has 0 aromatic heterocycles. The van der Waals surface area contributed by atoms with Crippen LogP contribution >= 0.6 is 0 Å². The Balaban J connectivity index is 2.69. The number of rotatable bonds is 4. The number of anilines is 1. The Labute approximate surface area is 97.2 Å². The second-order valence-electron chi connectivity index (χ2n) is 4.83. The highest BCUT2D eigenvalue weighted by molar-refractivity contribution is 5.93. The third-order valence-corrected chi connectivity index (χ3v) is 2.70. The Morgan fingerprint density at radius 1 is 1.31 bits per heavy atom. The fraction of sp³-hybridized carbons (Fsp3) is 0.462. The first-order valence-corrected chi connectivity index (χ1v) is 5.48. The lowest BCUT2D eigenvalue weighted by Crippen LogP contribution is -2.34. The van der Waals surface area contributed by atoms with Crippen LogP contribution in [0.15, 0.2) is 30.3 Å². The molecule has 0 saturated heterocycles. The molecular weight excluding hydrogens is 200 g/mol. The van der Waals surface area contributed by atoms with Crippen LogP contribution in [-0.2, 0) is 4.79 Å². The summed E-state index contributed by atoms with van der Waals surface area (Å²) in [5.74, 6) is 0.0988. The molecule has 1 aromatic rings. The number of hydrogen-bond acceptors (Lipinski definition) is 2. The highest BCUT2D eigenvalue weighted by Gasteiger charge is 2.22. The maximum absolute atomic E-state index is 12.0. The zero-order valence-corrected chi connectivity index (χ0v) is 10.2. The van der Waals surface area contributed by atoms with Gasteiger partial charge in [-0.3, -0.25) is 4.79 Å². The molecule has 16 heavy (non-hydrogen) atoms. The van der Waals surface area contributed by atoms with E-state index in [1.807, 2.05) is 44.2 Å². The van der Waals surface area contributed by atoms with E-state index in [1.54, 1.807) is 11.9 Å². The summed E-state index contributed by atoms with van der Waals surface area (Å²) >= 11 is 0. The zero-order valence-electron chi connectivity index (χ0n) is 10.2. The van der Waals surface area contributed by atoms with Crippen LogP contribution < -0.4 is 10.6 Å². The van der Waals surface area contributed by atoms with Gasteiger partial charge in [-0.2, -0.15) is 0 Å². The van der Waals surface area contributed by atoms with Crippen molar-refractivity contribution in [3.8, 4) is 0 Å². The molecule has 1 amide bonds. The van der Waals surface area contributed by atoms with Gasteiger partial charge in [-0.1, -0.05) is 32.0 Å². The highest BCUT2D eigenvalue weighted by Crippen LogP contribution is 2.21. The molecule has 0 unspecified atom stereocenters. The van der Waals surface area contributed by atoms with Crippen molar-refractivity contribution in [2.75, 3.05) is 18.5 Å². The Kier molecular flexibility index (Phi) is 4.07. The van der Waals surface area contributed by atoms with E-state index < -0.39 is 0 Å². The van der Waals surface area contributed by atoms with Gasteiger partial charge < -0.3 is 10.6 Å². The molecule has 0 heterocycles. The number of carbonyl (C=O) groups is 1. The summed E-state index contributed by atoms with van der Waals surface area (Å²) in [6.07, 6.45) is 0.467. The molecule has 1 aromatic carbocycles. The average Bonchev–Trinajstić information content (AvgIpc) is 2.28. The Morgan fingerprint density at radius 3 is 2.38 bits per heavy atom. The number of carbonyl (C=O) groups excluding carboxylic acids is 1. The quantitative estimate of drug-likeness (QED) is 0.844. The minimum Gasteiger partial charge on any atom is -0.330 e. The molecular formula is C13H20N2O. The van der Waals surface area contributed by atoms with E-state index in [1.165, 1.54) is 0 Å². The summed E-state index contributed by atoms with van der Waals surface area (Å²) in [5.41, 5.74) is 6.40. The predicted molar refractivity (Wildman–Crippen MR) is 67.3 cm³/mol. The van der Waals surface area contributed by atoms with E-state index in [-0.39, 0.29) is 11.3 Å². The van der Waals surface area contributed by atoms with Gasteiger partial charge in [-0.25, -0.2) is 0 Å². The standard InChI is InChI=1S/C13H20N2O/c1-13(2,10-14)9-12(16)15(3)11-7-5-4-6-8-11/h4-8H,9-10,14H2,1-3H3. The predicted octanol–water partition coefficient (Wildman–Crippen LogP) is 2.02. The number of amides is 1. The van der Waals surface area contributed by atoms with Crippen LogP contribution in [0.2, 0.25) is 0 Å². The van der Waals surface area contributed by atoms with Crippen molar-refractivity contribution in [3.05, 3.63) is 30.3 Å². The highest BCUT2D eigenvalue weighted by atomic mass is 16.2. The van der Waals surface area contributed by atoms with Crippen LogP contribution in [0.4, 0.5) is 5.69 Å². The van der Waals surface area contributed by atoms with E-state index >= 15 is 0 Å². The van der Waals surface area contributed by atoms with Crippen molar-refractivity contribution in [1.29, 1.82) is 0 Å². The van der Waals surface area contributed by atoms with Gasteiger partial charge in [-0.15, -0.1) is 0 Å². The molecule has 0 atom stereocenters. The minimum atomic E-state index is -0.139. The third-order valence-electron chi connectivity index (χ3n) is 2.70. The fourth-order valence-corrected chi connectivity index (χ4v) is 1.40. The maximum Gasteiger partial charge on any atom is 0.227 e. The molecule has 0 radical (unpaired) electrons. The van der Waals surface area contributed by atoms with Crippen molar-refractivity contribution in [2.45, 2.75) is 20.3 Å². The molecule has 0 aliphatic heterocycles. The van der Waals surface area contributed by atoms with Gasteiger partial charge in [0.25, 0.3) is 0 Å². The van der Waals surface area contributed by atoms with Crippen molar-refractivity contribution < 1.29 is 4.79 Å². The lowest BCUT2D eigenvalue weighted by molar-refractivity contribution is -0.120. The van der Waals surface area contributed by atoms with E-state index in [0.29, 0.717) is 13.0 Å². The summed E-state index contributed by atoms with van der Waals surface area (Å²) in [5, 5.41) is 0. The van der Waals surface area contributed by atoms with Gasteiger partial charge in [0.1, 0.15) is 0 Å². The lowest BCUT2D eigenvalue weighted by Gasteiger charge is -2.25. The van der Waals surface area contributed by atoms with Gasteiger partial charge in [0.15, 0.2) is 0 Å². The second-order valence-corrected chi connectivity index (χ2v) is 4.83. The van der Waals surface area contributed by atoms with E-state index in [4.69, 9.17) is 5.73 Å². The van der Waals surface area contributed by atoms with Crippen molar-refractivity contribution in [1.82, 2.24) is 0 Å². The smallest absolute Gasteiger partial charge is 0.227 e. The summed E-state index contributed by atoms with van der Waals surface area (Å²) in [7, 11) is 1.80. The Hall–Kier alpha value is -1.35. The van der Waals surface area contributed by atoms with Crippen molar-refractivity contribution in [3.63, 3.8) is 0 Å². The monoisotopic (exact) mass is 220 g/mol. The molecule has 0 saturated carbocycles. The largest absolute Gasteiger partial charge is 0.330 e. The van der Waals surface area contributed by atoms with Crippen LogP contribution in [0.1, 0.15) is 20.3 Å². The van der Waals surface area contributed by atoms with Crippen LogP contribution in [0, 0.1) is 5.41 Å². The summed E-state index contributed by atoms with van der Waals surface area (Å²) in [6.45, 7) is 4.52. The molecule has 88 valence electrons. The molecule has 0 fully saturated rings. The van der Waals surface area contributed by atoms with Crippen molar-refractivity contribution in [2.24, 2.45) is 11.1 Å². The molecule has 0 spiro atoms. The van der Waals surface area contributed by atoms with Crippen LogP contribution in [-0.4, -0.2) is 19.5 Å². The van der Waals surface area contributed by atoms with Crippen LogP contribution in [0.25, 0.3) is 0 Å². The minimum absolute atomic E-state index is 0.0988. The van der Waals surface area contributed by atoms with Gasteiger partial charge in [-0.05, 0) is 24.1 Å². The summed E-state index contributed by atoms with van der Waals surface area (Å²) in [4.78, 5) is 13.7. The van der Waals surface area contributed by atoms with Gasteiger partial charge in [0.2, 0.25) is 5.91 Å². The normalized spacial score (nSPS) is 11.2. The number of nitrogens with zero attached hydrogens (tertiary/aromatic N) is 1. The molecule has 2 N–H and O–H groups in total. The van der Waals surface area contributed by atoms with Gasteiger partial charge >= 0.3 is 0 Å². The number of hydrogen-bond donors (Lipinski definition) is 1. The molecule has 3 nitrogen and oxygen atoms in total. The second kappa shape index (κ2) is 5.12. The lowest BCUT2D eigenvalue weighted by atomic mass is 9.89. The number of benzene rings is 1. The van der Waals surface area contributed by atoms with Gasteiger partial charge in [0, 0.05) is 19.2 Å². The Morgan fingerprint density at radius 2 is 1.88 bits per heavy atom. The average molecular weight is 220 g/mol. The molecule has 0 aliphatic rings. The molecule has 0 aliphatic carbocycles. The number of para-hydroxylation sites is 1. The van der Waals surface area contributed by atoms with Crippen molar-refractivity contribution >= 4 is 11.6 Å². The Bertz CT molecular complexity index is 346. The first-order chi connectivity index (χ1) is 7.46. The van der Waals surface area contributed by atoms with Gasteiger partial charge in [0.05, 0.1) is 0 Å². The molecule has 3 heteroatoms. The fourth-order valence-electron chi connectivity index (χ4n) is 1.40. The van der Waals surface area contributed by atoms with Crippen LogP contribution in [0.5, 0.6) is 0 Å². The SMILES string of the molecule is CN(C(=O)CC(C)(C)CN)c1ccccc1. The first-order valence-electron chi connectivity index (χ1n) is 5.48. The molecule has 1 rings (SSSR count). The third kappa shape index (κ3) is 3.35. The first kappa shape index (κ1) is 12.7. The molecule has 0 bridgehead atoms. The summed E-state index contributed by atoms with van der Waals surface area (Å²) < 4.78 is 0. The van der Waals surface area contributed by atoms with E-state index in [2.05, 4.69) is 0 Å². The van der Waals surface area contributed by atoms with E-state index in [9.17, 15) is 4.79 Å². The summed E-state index contributed by atoms with van der Waals surface area (Å²) in [6, 6.07) is 9.63.